The van der Waals surface area contributed by atoms with Gasteiger partial charge in [-0.15, -0.1) is 12.4 Å². The van der Waals surface area contributed by atoms with Gasteiger partial charge in [-0.05, 0) is 56.3 Å². The highest BCUT2D eigenvalue weighted by Gasteiger charge is 2.32. The summed E-state index contributed by atoms with van der Waals surface area (Å²) in [4.78, 5) is 19.0. The fourth-order valence-electron chi connectivity index (χ4n) is 4.41. The Morgan fingerprint density at radius 3 is 2.40 bits per heavy atom. The van der Waals surface area contributed by atoms with Crippen molar-refractivity contribution >= 4 is 29.1 Å². The number of likely N-dealkylation sites (tertiary alicyclic amines) is 1. The van der Waals surface area contributed by atoms with Gasteiger partial charge in [-0.1, -0.05) is 0 Å². The quantitative estimate of drug-likeness (QED) is 0.496. The smallest absolute Gasteiger partial charge is 0.196 e. The zero-order valence-corrected chi connectivity index (χ0v) is 17.9. The molecule has 1 fully saturated rings. The van der Waals surface area contributed by atoms with Gasteiger partial charge in [0, 0.05) is 28.6 Å². The van der Waals surface area contributed by atoms with Crippen LogP contribution in [0.3, 0.4) is 0 Å². The van der Waals surface area contributed by atoms with Crippen molar-refractivity contribution in [1.29, 1.82) is 0 Å². The molecule has 2 aromatic carbocycles. The Labute approximate surface area is 181 Å². The van der Waals surface area contributed by atoms with Gasteiger partial charge in [0.2, 0.25) is 0 Å². The summed E-state index contributed by atoms with van der Waals surface area (Å²) >= 11 is 0. The number of ether oxygens (including phenoxy) is 3. The number of hydrogen-bond acceptors (Lipinski definition) is 5. The lowest BCUT2D eigenvalue weighted by Crippen LogP contribution is -2.25. The Hall–Kier alpha value is -2.70. The summed E-state index contributed by atoms with van der Waals surface area (Å²) in [6.07, 6.45) is 2.55. The summed E-state index contributed by atoms with van der Waals surface area (Å²) < 4.78 is 16.8. The van der Waals surface area contributed by atoms with Crippen LogP contribution in [0.2, 0.25) is 0 Å². The second kappa shape index (κ2) is 8.20. The molecule has 158 valence electrons. The molecule has 6 nitrogen and oxygen atoms in total. The third-order valence-corrected chi connectivity index (χ3v) is 5.91. The van der Waals surface area contributed by atoms with Gasteiger partial charge in [-0.3, -0.25) is 9.69 Å². The molecular formula is C23H25ClN2O4. The topological polar surface area (TPSA) is 63.8 Å². The molecule has 1 N–H and O–H groups in total. The number of halogens is 1. The fraction of sp³-hybridized carbons (Fsp3) is 0.348. The van der Waals surface area contributed by atoms with E-state index in [-0.39, 0.29) is 18.2 Å². The molecule has 0 amide bonds. The summed E-state index contributed by atoms with van der Waals surface area (Å²) in [6.45, 7) is 3.91. The lowest BCUT2D eigenvalue weighted by molar-refractivity contribution is 0.104. The number of nitrogens with zero attached hydrogens (tertiary/aromatic N) is 1. The molecule has 0 bridgehead atoms. The van der Waals surface area contributed by atoms with Gasteiger partial charge in [-0.25, -0.2) is 0 Å². The van der Waals surface area contributed by atoms with Gasteiger partial charge < -0.3 is 19.2 Å². The second-order valence-electron chi connectivity index (χ2n) is 7.56. The number of rotatable bonds is 6. The third kappa shape index (κ3) is 3.30. The molecule has 30 heavy (non-hydrogen) atoms. The summed E-state index contributed by atoms with van der Waals surface area (Å²) in [6, 6.07) is 9.52. The van der Waals surface area contributed by atoms with Crippen LogP contribution in [0.25, 0.3) is 22.2 Å². The molecule has 0 atom stereocenters. The zero-order valence-electron chi connectivity index (χ0n) is 17.1. The molecule has 2 aliphatic rings. The Bertz CT molecular complexity index is 1100. The first-order valence-corrected chi connectivity index (χ1v) is 10.0. The first-order valence-electron chi connectivity index (χ1n) is 10.0. The second-order valence-corrected chi connectivity index (χ2v) is 7.56. The third-order valence-electron chi connectivity index (χ3n) is 5.91. The molecule has 0 unspecified atom stereocenters. The zero-order chi connectivity index (χ0) is 20.0. The van der Waals surface area contributed by atoms with Crippen molar-refractivity contribution in [3.8, 4) is 28.5 Å². The molecular weight excluding hydrogens is 404 g/mol. The van der Waals surface area contributed by atoms with E-state index in [4.69, 9.17) is 14.2 Å². The van der Waals surface area contributed by atoms with Gasteiger partial charge in [0.15, 0.2) is 17.3 Å². The van der Waals surface area contributed by atoms with Crippen LogP contribution in [-0.4, -0.2) is 56.1 Å². The highest BCUT2D eigenvalue weighted by molar-refractivity contribution is 6.27. The van der Waals surface area contributed by atoms with Crippen LogP contribution in [-0.2, 0) is 0 Å². The largest absolute Gasteiger partial charge is 0.493 e. The van der Waals surface area contributed by atoms with Crippen molar-refractivity contribution in [2.75, 3.05) is 40.5 Å². The maximum atomic E-state index is 13.2. The molecule has 1 aliphatic heterocycles. The van der Waals surface area contributed by atoms with E-state index in [0.29, 0.717) is 29.2 Å². The van der Waals surface area contributed by atoms with E-state index in [9.17, 15) is 4.79 Å². The summed E-state index contributed by atoms with van der Waals surface area (Å²) in [7, 11) is 3.17. The van der Waals surface area contributed by atoms with E-state index in [1.807, 2.05) is 24.3 Å². The molecule has 3 aromatic rings. The van der Waals surface area contributed by atoms with Crippen LogP contribution < -0.4 is 14.2 Å². The number of ketones is 1. The standard InChI is InChI=1S/C23H24N2O4.ClH/c1-27-19-12-15-16(13-20(19)28-2)23(26)21-17-11-14(5-6-18(17)24-22(15)21)29-10-9-25-7-3-4-8-25;/h5-6,11-13,24H,3-4,7-10H2,1-2H3;1H. The predicted molar refractivity (Wildman–Crippen MR) is 119 cm³/mol. The number of hydrogen-bond donors (Lipinski definition) is 1. The van der Waals surface area contributed by atoms with Crippen molar-refractivity contribution < 1.29 is 19.0 Å². The van der Waals surface area contributed by atoms with Crippen LogP contribution in [0.5, 0.6) is 17.2 Å². The molecule has 1 aliphatic carbocycles. The van der Waals surface area contributed by atoms with Crippen LogP contribution in [0.4, 0.5) is 0 Å². The van der Waals surface area contributed by atoms with Crippen molar-refractivity contribution in [2.45, 2.75) is 12.8 Å². The lowest BCUT2D eigenvalue weighted by atomic mass is 10.1. The summed E-state index contributed by atoms with van der Waals surface area (Å²) in [5.41, 5.74) is 3.92. The summed E-state index contributed by atoms with van der Waals surface area (Å²) in [5, 5.41) is 0.887. The minimum Gasteiger partial charge on any atom is -0.493 e. The number of aromatic amines is 1. The van der Waals surface area contributed by atoms with Crippen molar-refractivity contribution in [1.82, 2.24) is 9.88 Å². The van der Waals surface area contributed by atoms with Crippen LogP contribution >= 0.6 is 12.4 Å². The van der Waals surface area contributed by atoms with E-state index in [1.54, 1.807) is 20.3 Å². The molecule has 0 spiro atoms. The van der Waals surface area contributed by atoms with Crippen LogP contribution in [0, 0.1) is 0 Å². The Balaban J connectivity index is 0.00000218. The minimum absolute atomic E-state index is 0. The van der Waals surface area contributed by atoms with Crippen LogP contribution in [0.15, 0.2) is 30.3 Å². The number of nitrogens with one attached hydrogen (secondary N) is 1. The van der Waals surface area contributed by atoms with Gasteiger partial charge in [-0.2, -0.15) is 0 Å². The number of aromatic nitrogens is 1. The molecule has 2 heterocycles. The van der Waals surface area contributed by atoms with E-state index < -0.39 is 0 Å². The molecule has 7 heteroatoms. The normalized spacial score (nSPS) is 15.1. The van der Waals surface area contributed by atoms with E-state index in [1.165, 1.54) is 12.8 Å². The molecule has 0 saturated carbocycles. The molecule has 1 saturated heterocycles. The first-order chi connectivity index (χ1) is 14.2. The average molecular weight is 429 g/mol. The van der Waals surface area contributed by atoms with Gasteiger partial charge in [0.1, 0.15) is 12.4 Å². The van der Waals surface area contributed by atoms with Crippen molar-refractivity contribution in [2.24, 2.45) is 0 Å². The van der Waals surface area contributed by atoms with Gasteiger partial charge in [0.25, 0.3) is 0 Å². The Morgan fingerprint density at radius 2 is 1.70 bits per heavy atom. The van der Waals surface area contributed by atoms with Gasteiger partial charge in [0.05, 0.1) is 25.5 Å². The van der Waals surface area contributed by atoms with E-state index >= 15 is 0 Å². The van der Waals surface area contributed by atoms with Gasteiger partial charge >= 0.3 is 0 Å². The number of H-pyrrole nitrogens is 1. The van der Waals surface area contributed by atoms with E-state index in [0.717, 1.165) is 47.5 Å². The van der Waals surface area contributed by atoms with Crippen molar-refractivity contribution in [3.63, 3.8) is 0 Å². The number of carbonyl (C=O) groups is 1. The SMILES string of the molecule is COc1cc2c(cc1OC)-c1[nH]c3ccc(OCCN4CCCC4)cc3c1C2=O.Cl. The number of methoxy groups -OCH3 is 2. The first kappa shape index (κ1) is 20.6. The molecule has 1 aromatic heterocycles. The maximum absolute atomic E-state index is 13.2. The van der Waals surface area contributed by atoms with Crippen molar-refractivity contribution in [3.05, 3.63) is 41.5 Å². The Morgan fingerprint density at radius 1 is 1.00 bits per heavy atom. The minimum atomic E-state index is -0.00332. The lowest BCUT2D eigenvalue weighted by Gasteiger charge is -2.15. The summed E-state index contributed by atoms with van der Waals surface area (Å²) in [5.74, 6) is 1.95. The predicted octanol–water partition coefficient (Wildman–Crippen LogP) is 4.29. The molecule has 0 radical (unpaired) electrons. The fourth-order valence-corrected chi connectivity index (χ4v) is 4.41. The Kier molecular flexibility index (Phi) is 5.62. The monoisotopic (exact) mass is 428 g/mol. The number of fused-ring (bicyclic) bond motifs is 5. The average Bonchev–Trinajstić information content (AvgIpc) is 3.44. The molecule has 5 rings (SSSR count). The highest BCUT2D eigenvalue weighted by atomic mass is 35.5. The number of carbonyl (C=O) groups excluding carboxylic acids is 1. The highest BCUT2D eigenvalue weighted by Crippen LogP contribution is 2.45. The van der Waals surface area contributed by atoms with E-state index in [2.05, 4.69) is 9.88 Å². The number of benzene rings is 2. The maximum Gasteiger partial charge on any atom is 0.196 e. The van der Waals surface area contributed by atoms with Crippen LogP contribution in [0.1, 0.15) is 28.8 Å².